The first-order chi connectivity index (χ1) is 12.3. The Bertz CT molecular complexity index is 862. The van der Waals surface area contributed by atoms with Crippen LogP contribution in [0.4, 0.5) is 5.69 Å². The maximum atomic E-state index is 12.0. The number of benzene rings is 2. The highest BCUT2D eigenvalue weighted by Crippen LogP contribution is 2.16. The molecule has 0 fully saturated rings. The third-order valence-corrected chi connectivity index (χ3v) is 4.96. The second-order valence-corrected chi connectivity index (χ2v) is 7.87. The molecule has 4 N–H and O–H groups in total. The number of nitrogens with two attached hydrogens (primary N) is 1. The number of sulfonamides is 1. The summed E-state index contributed by atoms with van der Waals surface area (Å²) in [5.74, 6) is -0.0260. The number of anilines is 1. The number of carbonyl (C=O) groups excluding carboxylic acids is 1. The van der Waals surface area contributed by atoms with Crippen molar-refractivity contribution in [1.82, 2.24) is 5.32 Å². The Morgan fingerprint density at radius 2 is 1.73 bits per heavy atom. The second kappa shape index (κ2) is 8.93. The van der Waals surface area contributed by atoms with Gasteiger partial charge in [-0.1, -0.05) is 29.8 Å². The Morgan fingerprint density at radius 3 is 2.35 bits per heavy atom. The minimum Gasteiger partial charge on any atom is -0.326 e. The quantitative estimate of drug-likeness (QED) is 0.615. The average Bonchev–Trinajstić information content (AvgIpc) is 2.57. The standard InChI is InChI=1S/C19H25N3O3S/c1-14-3-8-18(15(2)13-14)22-19(23)10-12-21-11-9-16-4-6-17(7-5-16)26(20,24)25/h3-8,13,21H,9-12H2,1-2H3,(H,22,23)(H2,20,24,25). The Hall–Kier alpha value is -2.22. The average molecular weight is 375 g/mol. The summed E-state index contributed by atoms with van der Waals surface area (Å²) < 4.78 is 22.4. The molecule has 2 aromatic rings. The first-order valence-corrected chi connectivity index (χ1v) is 10.00. The maximum Gasteiger partial charge on any atom is 0.238 e. The summed E-state index contributed by atoms with van der Waals surface area (Å²) in [6.07, 6.45) is 1.13. The van der Waals surface area contributed by atoms with E-state index in [-0.39, 0.29) is 10.8 Å². The van der Waals surface area contributed by atoms with Gasteiger partial charge in [0.15, 0.2) is 0 Å². The monoisotopic (exact) mass is 375 g/mol. The molecule has 1 amide bonds. The van der Waals surface area contributed by atoms with E-state index in [0.717, 1.165) is 23.2 Å². The number of hydrogen-bond acceptors (Lipinski definition) is 4. The Morgan fingerprint density at radius 1 is 1.04 bits per heavy atom. The number of carbonyl (C=O) groups is 1. The smallest absolute Gasteiger partial charge is 0.238 e. The summed E-state index contributed by atoms with van der Waals surface area (Å²) in [5, 5.41) is 11.2. The molecule has 0 heterocycles. The van der Waals surface area contributed by atoms with Gasteiger partial charge in [-0.2, -0.15) is 0 Å². The molecule has 26 heavy (non-hydrogen) atoms. The molecule has 0 saturated heterocycles. The molecule has 140 valence electrons. The summed E-state index contributed by atoms with van der Waals surface area (Å²) >= 11 is 0. The van der Waals surface area contributed by atoms with Gasteiger partial charge in [-0.15, -0.1) is 0 Å². The van der Waals surface area contributed by atoms with E-state index in [1.54, 1.807) is 12.1 Å². The van der Waals surface area contributed by atoms with Crippen LogP contribution in [0.5, 0.6) is 0 Å². The van der Waals surface area contributed by atoms with Crippen molar-refractivity contribution < 1.29 is 13.2 Å². The predicted molar refractivity (Wildman–Crippen MR) is 104 cm³/mol. The summed E-state index contributed by atoms with van der Waals surface area (Å²) in [6.45, 7) is 5.27. The Labute approximate surface area is 154 Å². The first kappa shape index (κ1) is 20.1. The van der Waals surface area contributed by atoms with Gasteiger partial charge in [0.1, 0.15) is 0 Å². The van der Waals surface area contributed by atoms with Gasteiger partial charge >= 0.3 is 0 Å². The molecule has 0 radical (unpaired) electrons. The molecule has 0 spiro atoms. The lowest BCUT2D eigenvalue weighted by Crippen LogP contribution is -2.23. The van der Waals surface area contributed by atoms with Crippen LogP contribution in [-0.4, -0.2) is 27.4 Å². The number of amides is 1. The number of hydrogen-bond donors (Lipinski definition) is 3. The fourth-order valence-corrected chi connectivity index (χ4v) is 3.09. The molecule has 0 unspecified atom stereocenters. The number of aryl methyl sites for hydroxylation is 2. The van der Waals surface area contributed by atoms with Crippen molar-refractivity contribution in [2.45, 2.75) is 31.6 Å². The van der Waals surface area contributed by atoms with E-state index in [1.807, 2.05) is 32.0 Å². The van der Waals surface area contributed by atoms with Gasteiger partial charge in [-0.05, 0) is 56.1 Å². The SMILES string of the molecule is Cc1ccc(NC(=O)CCNCCc2ccc(S(N)(=O)=O)cc2)c(C)c1. The number of primary sulfonamides is 1. The molecule has 0 aliphatic carbocycles. The molecule has 0 aliphatic rings. The third-order valence-electron chi connectivity index (χ3n) is 4.03. The van der Waals surface area contributed by atoms with E-state index in [2.05, 4.69) is 10.6 Å². The van der Waals surface area contributed by atoms with Crippen LogP contribution < -0.4 is 15.8 Å². The van der Waals surface area contributed by atoms with Crippen LogP contribution in [0, 0.1) is 13.8 Å². The zero-order valence-corrected chi connectivity index (χ0v) is 15.9. The maximum absolute atomic E-state index is 12.0. The molecular formula is C19H25N3O3S. The summed E-state index contributed by atoms with van der Waals surface area (Å²) in [5.41, 5.74) is 4.06. The van der Waals surface area contributed by atoms with Gasteiger partial charge in [-0.25, -0.2) is 13.6 Å². The minimum absolute atomic E-state index is 0.0260. The van der Waals surface area contributed by atoms with Crippen molar-refractivity contribution in [3.8, 4) is 0 Å². The van der Waals surface area contributed by atoms with Crippen molar-refractivity contribution >= 4 is 21.6 Å². The van der Waals surface area contributed by atoms with E-state index >= 15 is 0 Å². The highest BCUT2D eigenvalue weighted by atomic mass is 32.2. The van der Waals surface area contributed by atoms with Crippen LogP contribution in [-0.2, 0) is 21.2 Å². The molecule has 0 aliphatic heterocycles. The van der Waals surface area contributed by atoms with Crippen molar-refractivity contribution in [2.24, 2.45) is 5.14 Å². The topological polar surface area (TPSA) is 101 Å². The van der Waals surface area contributed by atoms with E-state index in [9.17, 15) is 13.2 Å². The number of rotatable bonds is 8. The molecule has 0 saturated carbocycles. The highest BCUT2D eigenvalue weighted by molar-refractivity contribution is 7.89. The van der Waals surface area contributed by atoms with Crippen LogP contribution in [0.25, 0.3) is 0 Å². The molecule has 7 heteroatoms. The van der Waals surface area contributed by atoms with Gasteiger partial charge < -0.3 is 10.6 Å². The van der Waals surface area contributed by atoms with Crippen molar-refractivity contribution in [1.29, 1.82) is 0 Å². The van der Waals surface area contributed by atoms with E-state index in [4.69, 9.17) is 5.14 Å². The summed E-state index contributed by atoms with van der Waals surface area (Å²) in [7, 11) is -3.65. The number of nitrogens with one attached hydrogen (secondary N) is 2. The van der Waals surface area contributed by atoms with E-state index in [0.29, 0.717) is 19.5 Å². The third kappa shape index (κ3) is 6.25. The molecule has 2 rings (SSSR count). The first-order valence-electron chi connectivity index (χ1n) is 8.45. The molecule has 0 aromatic heterocycles. The lowest BCUT2D eigenvalue weighted by Gasteiger charge is -2.10. The minimum atomic E-state index is -3.65. The Balaban J connectivity index is 1.69. The second-order valence-electron chi connectivity index (χ2n) is 6.31. The van der Waals surface area contributed by atoms with E-state index in [1.165, 1.54) is 17.7 Å². The van der Waals surface area contributed by atoms with Crippen LogP contribution >= 0.6 is 0 Å². The van der Waals surface area contributed by atoms with Crippen molar-refractivity contribution in [3.05, 3.63) is 59.2 Å². The van der Waals surface area contributed by atoms with Crippen LogP contribution in [0.1, 0.15) is 23.1 Å². The fourth-order valence-electron chi connectivity index (χ4n) is 2.57. The Kier molecular flexibility index (Phi) is 6.90. The van der Waals surface area contributed by atoms with Gasteiger partial charge in [0.2, 0.25) is 15.9 Å². The predicted octanol–water partition coefficient (Wildman–Crippen LogP) is 2.11. The van der Waals surface area contributed by atoms with Gasteiger partial charge in [-0.3, -0.25) is 4.79 Å². The zero-order valence-electron chi connectivity index (χ0n) is 15.1. The largest absolute Gasteiger partial charge is 0.326 e. The lowest BCUT2D eigenvalue weighted by molar-refractivity contribution is -0.116. The van der Waals surface area contributed by atoms with E-state index < -0.39 is 10.0 Å². The highest BCUT2D eigenvalue weighted by Gasteiger charge is 2.07. The van der Waals surface area contributed by atoms with Gasteiger partial charge in [0.25, 0.3) is 0 Å². The van der Waals surface area contributed by atoms with Crippen LogP contribution in [0.2, 0.25) is 0 Å². The lowest BCUT2D eigenvalue weighted by atomic mass is 10.1. The van der Waals surface area contributed by atoms with Crippen molar-refractivity contribution in [2.75, 3.05) is 18.4 Å². The molecule has 2 aromatic carbocycles. The van der Waals surface area contributed by atoms with Crippen LogP contribution in [0.3, 0.4) is 0 Å². The van der Waals surface area contributed by atoms with Gasteiger partial charge in [0.05, 0.1) is 4.90 Å². The molecule has 0 atom stereocenters. The zero-order chi connectivity index (χ0) is 19.2. The molecular weight excluding hydrogens is 350 g/mol. The fraction of sp³-hybridized carbons (Fsp3) is 0.316. The van der Waals surface area contributed by atoms with Crippen LogP contribution in [0.15, 0.2) is 47.4 Å². The molecule has 0 bridgehead atoms. The normalized spacial score (nSPS) is 11.3. The summed E-state index contributed by atoms with van der Waals surface area (Å²) in [6, 6.07) is 12.4. The van der Waals surface area contributed by atoms with Crippen molar-refractivity contribution in [3.63, 3.8) is 0 Å². The summed E-state index contributed by atoms with van der Waals surface area (Å²) in [4.78, 5) is 12.1. The molecule has 6 nitrogen and oxygen atoms in total. The van der Waals surface area contributed by atoms with Gasteiger partial charge in [0, 0.05) is 18.7 Å².